The average Bonchev–Trinajstić information content (AvgIpc) is 2.96. The Bertz CT molecular complexity index is 777. The van der Waals surface area contributed by atoms with Gasteiger partial charge in [0, 0.05) is 11.1 Å². The van der Waals surface area contributed by atoms with Crippen LogP contribution in [0.15, 0.2) is 30.3 Å². The Kier molecular flexibility index (Phi) is 3.60. The fourth-order valence-corrected chi connectivity index (χ4v) is 2.70. The Balaban J connectivity index is 2.17. The lowest BCUT2D eigenvalue weighted by Crippen LogP contribution is -1.91. The highest BCUT2D eigenvalue weighted by Crippen LogP contribution is 2.36. The molecule has 2 N–H and O–H groups in total. The number of nitrogens with one attached hydrogen (secondary N) is 1. The van der Waals surface area contributed by atoms with E-state index in [2.05, 4.69) is 35.3 Å². The number of H-pyrrole nitrogens is 1. The molecule has 0 unspecified atom stereocenters. The fraction of sp³-hybridized carbons (Fsp3) is 0.294. The molecule has 0 radical (unpaired) electrons. The predicted molar refractivity (Wildman–Crippen MR) is 84.3 cm³/mol. The van der Waals surface area contributed by atoms with Crippen molar-refractivity contribution in [3.8, 4) is 16.9 Å². The van der Waals surface area contributed by atoms with Crippen molar-refractivity contribution in [1.82, 2.24) is 15.4 Å². The van der Waals surface area contributed by atoms with Crippen molar-refractivity contribution in [2.75, 3.05) is 0 Å². The molecule has 0 fully saturated rings. The van der Waals surface area contributed by atoms with Gasteiger partial charge in [-0.15, -0.1) is 0 Å². The SMILES string of the molecule is CCCCc1cc(C)cc(-c2cccc3n[nH]nc23)c1O. The largest absolute Gasteiger partial charge is 0.507 e. The van der Waals surface area contributed by atoms with Crippen LogP contribution in [0.2, 0.25) is 0 Å². The van der Waals surface area contributed by atoms with Crippen LogP contribution < -0.4 is 0 Å². The molecule has 0 amide bonds. The van der Waals surface area contributed by atoms with Crippen molar-refractivity contribution in [3.63, 3.8) is 0 Å². The summed E-state index contributed by atoms with van der Waals surface area (Å²) in [7, 11) is 0. The van der Waals surface area contributed by atoms with Crippen molar-refractivity contribution < 1.29 is 5.11 Å². The van der Waals surface area contributed by atoms with Crippen molar-refractivity contribution in [2.45, 2.75) is 33.1 Å². The van der Waals surface area contributed by atoms with E-state index in [1.807, 2.05) is 24.3 Å². The number of nitrogens with zero attached hydrogens (tertiary/aromatic N) is 2. The van der Waals surface area contributed by atoms with Crippen LogP contribution in [-0.2, 0) is 6.42 Å². The van der Waals surface area contributed by atoms with E-state index in [1.165, 1.54) is 0 Å². The maximum absolute atomic E-state index is 10.6. The summed E-state index contributed by atoms with van der Waals surface area (Å²) in [5, 5.41) is 21.6. The van der Waals surface area contributed by atoms with E-state index >= 15 is 0 Å². The zero-order valence-corrected chi connectivity index (χ0v) is 12.3. The summed E-state index contributed by atoms with van der Waals surface area (Å²) in [4.78, 5) is 0. The van der Waals surface area contributed by atoms with E-state index in [-0.39, 0.29) is 0 Å². The molecule has 108 valence electrons. The molecule has 0 aliphatic rings. The monoisotopic (exact) mass is 281 g/mol. The molecule has 0 aliphatic carbocycles. The first-order valence-electron chi connectivity index (χ1n) is 7.33. The third-order valence-corrected chi connectivity index (χ3v) is 3.77. The first-order valence-corrected chi connectivity index (χ1v) is 7.33. The van der Waals surface area contributed by atoms with E-state index in [9.17, 15) is 5.11 Å². The average molecular weight is 281 g/mol. The van der Waals surface area contributed by atoms with E-state index in [1.54, 1.807) is 0 Å². The van der Waals surface area contributed by atoms with Crippen LogP contribution in [-0.4, -0.2) is 20.5 Å². The number of hydrogen-bond acceptors (Lipinski definition) is 3. The summed E-state index contributed by atoms with van der Waals surface area (Å²) in [6.45, 7) is 4.21. The molecular formula is C17H19N3O. The van der Waals surface area contributed by atoms with Gasteiger partial charge < -0.3 is 5.11 Å². The zero-order valence-electron chi connectivity index (χ0n) is 12.3. The summed E-state index contributed by atoms with van der Waals surface area (Å²) in [6.07, 6.45) is 3.08. The van der Waals surface area contributed by atoms with Crippen LogP contribution in [0.3, 0.4) is 0 Å². The standard InChI is InChI=1S/C17H19N3O/c1-3-4-6-12-9-11(2)10-14(17(12)21)13-7-5-8-15-16(13)19-20-18-15/h5,7-10,21H,3-4,6H2,1-2H3,(H,18,19,20). The van der Waals surface area contributed by atoms with Gasteiger partial charge in [0.1, 0.15) is 16.8 Å². The maximum Gasteiger partial charge on any atom is 0.126 e. The molecule has 0 saturated heterocycles. The number of rotatable bonds is 4. The van der Waals surface area contributed by atoms with Crippen LogP contribution in [0.4, 0.5) is 0 Å². The number of hydrogen-bond donors (Lipinski definition) is 2. The predicted octanol–water partition coefficient (Wildman–Crippen LogP) is 3.98. The summed E-state index contributed by atoms with van der Waals surface area (Å²) >= 11 is 0. The van der Waals surface area contributed by atoms with Gasteiger partial charge in [-0.05, 0) is 43.0 Å². The summed E-state index contributed by atoms with van der Waals surface area (Å²) < 4.78 is 0. The number of fused-ring (bicyclic) bond motifs is 1. The second-order valence-corrected chi connectivity index (χ2v) is 5.42. The Morgan fingerprint density at radius 1 is 1.14 bits per heavy atom. The van der Waals surface area contributed by atoms with Crippen molar-refractivity contribution in [1.29, 1.82) is 0 Å². The number of unbranched alkanes of at least 4 members (excludes halogenated alkanes) is 1. The van der Waals surface area contributed by atoms with Crippen LogP contribution in [0.5, 0.6) is 5.75 Å². The Hall–Kier alpha value is -2.36. The van der Waals surface area contributed by atoms with E-state index in [4.69, 9.17) is 0 Å². The molecule has 0 saturated carbocycles. The highest BCUT2D eigenvalue weighted by molar-refractivity contribution is 5.93. The number of para-hydroxylation sites is 1. The molecule has 2 aromatic carbocycles. The van der Waals surface area contributed by atoms with Gasteiger partial charge in [-0.2, -0.15) is 15.4 Å². The first-order chi connectivity index (χ1) is 10.2. The van der Waals surface area contributed by atoms with Gasteiger partial charge in [0.15, 0.2) is 0 Å². The number of benzene rings is 2. The number of aromatic nitrogens is 3. The summed E-state index contributed by atoms with van der Waals surface area (Å²) in [6, 6.07) is 9.90. The van der Waals surface area contributed by atoms with Gasteiger partial charge in [-0.25, -0.2) is 0 Å². The van der Waals surface area contributed by atoms with Gasteiger partial charge in [0.2, 0.25) is 0 Å². The topological polar surface area (TPSA) is 61.8 Å². The smallest absolute Gasteiger partial charge is 0.126 e. The van der Waals surface area contributed by atoms with Crippen molar-refractivity contribution in [3.05, 3.63) is 41.5 Å². The highest BCUT2D eigenvalue weighted by Gasteiger charge is 2.14. The van der Waals surface area contributed by atoms with Crippen molar-refractivity contribution >= 4 is 11.0 Å². The highest BCUT2D eigenvalue weighted by atomic mass is 16.3. The van der Waals surface area contributed by atoms with E-state index < -0.39 is 0 Å². The van der Waals surface area contributed by atoms with E-state index in [0.717, 1.165) is 52.5 Å². The molecule has 0 bridgehead atoms. The molecule has 4 heteroatoms. The number of aromatic hydroxyl groups is 1. The molecular weight excluding hydrogens is 262 g/mol. The van der Waals surface area contributed by atoms with Gasteiger partial charge in [-0.3, -0.25) is 0 Å². The lowest BCUT2D eigenvalue weighted by molar-refractivity contribution is 0.469. The van der Waals surface area contributed by atoms with Crippen LogP contribution in [0, 0.1) is 6.92 Å². The Morgan fingerprint density at radius 3 is 2.81 bits per heavy atom. The molecule has 1 heterocycles. The second kappa shape index (κ2) is 5.56. The molecule has 4 nitrogen and oxygen atoms in total. The van der Waals surface area contributed by atoms with Gasteiger partial charge in [0.05, 0.1) is 0 Å². The molecule has 21 heavy (non-hydrogen) atoms. The molecule has 0 spiro atoms. The normalized spacial score (nSPS) is 11.1. The summed E-state index contributed by atoms with van der Waals surface area (Å²) in [5.74, 6) is 0.365. The second-order valence-electron chi connectivity index (χ2n) is 5.42. The maximum atomic E-state index is 10.6. The number of phenolic OH excluding ortho intramolecular Hbond substituents is 1. The summed E-state index contributed by atoms with van der Waals surface area (Å²) in [5.41, 5.74) is 5.51. The first kappa shape index (κ1) is 13.6. The number of aromatic amines is 1. The Labute approximate surface area is 123 Å². The fourth-order valence-electron chi connectivity index (χ4n) is 2.70. The molecule has 3 aromatic rings. The number of aryl methyl sites for hydroxylation is 2. The molecule has 0 aliphatic heterocycles. The van der Waals surface area contributed by atoms with Crippen molar-refractivity contribution in [2.24, 2.45) is 0 Å². The van der Waals surface area contributed by atoms with Crippen LogP contribution in [0.25, 0.3) is 22.2 Å². The minimum absolute atomic E-state index is 0.365. The number of phenols is 1. The van der Waals surface area contributed by atoms with Crippen LogP contribution in [0.1, 0.15) is 30.9 Å². The lowest BCUT2D eigenvalue weighted by atomic mass is 9.95. The molecule has 1 aromatic heterocycles. The van der Waals surface area contributed by atoms with Crippen LogP contribution >= 0.6 is 0 Å². The minimum Gasteiger partial charge on any atom is -0.507 e. The lowest BCUT2D eigenvalue weighted by Gasteiger charge is -2.12. The van der Waals surface area contributed by atoms with Gasteiger partial charge >= 0.3 is 0 Å². The van der Waals surface area contributed by atoms with Gasteiger partial charge in [-0.1, -0.05) is 31.5 Å². The van der Waals surface area contributed by atoms with E-state index in [0.29, 0.717) is 5.75 Å². The van der Waals surface area contributed by atoms with Gasteiger partial charge in [0.25, 0.3) is 0 Å². The third kappa shape index (κ3) is 2.49. The molecule has 0 atom stereocenters. The third-order valence-electron chi connectivity index (χ3n) is 3.77. The quantitative estimate of drug-likeness (QED) is 0.760. The Morgan fingerprint density at radius 2 is 2.00 bits per heavy atom. The molecule has 3 rings (SSSR count). The zero-order chi connectivity index (χ0) is 14.8. The minimum atomic E-state index is 0.365.